The Bertz CT molecular complexity index is 935. The van der Waals surface area contributed by atoms with Gasteiger partial charge in [-0.05, 0) is 42.8 Å². The topological polar surface area (TPSA) is 51.0 Å². The molecule has 3 heterocycles. The van der Waals surface area contributed by atoms with Gasteiger partial charge in [0.15, 0.2) is 11.0 Å². The van der Waals surface area contributed by atoms with Crippen molar-refractivity contribution in [2.24, 2.45) is 0 Å². The van der Waals surface area contributed by atoms with Crippen molar-refractivity contribution in [3.05, 3.63) is 52.9 Å². The van der Waals surface area contributed by atoms with Gasteiger partial charge in [-0.15, -0.1) is 21.5 Å². The molecule has 0 fully saturated rings. The summed E-state index contributed by atoms with van der Waals surface area (Å²) in [5.74, 6) is 1.04. The molecule has 2 aromatic heterocycles. The predicted molar refractivity (Wildman–Crippen MR) is 110 cm³/mol. The molecule has 3 aromatic rings. The minimum atomic E-state index is -0.194. The van der Waals surface area contributed by atoms with Crippen molar-refractivity contribution >= 4 is 29.0 Å². The van der Waals surface area contributed by atoms with Crippen LogP contribution in [-0.4, -0.2) is 37.4 Å². The van der Waals surface area contributed by atoms with Gasteiger partial charge in [0.05, 0.1) is 10.1 Å². The van der Waals surface area contributed by atoms with E-state index >= 15 is 0 Å². The van der Waals surface area contributed by atoms with Gasteiger partial charge in [0.2, 0.25) is 5.91 Å². The summed E-state index contributed by atoms with van der Waals surface area (Å²) >= 11 is 3.15. The van der Waals surface area contributed by atoms with Crippen LogP contribution in [0.15, 0.2) is 46.9 Å². The van der Waals surface area contributed by atoms with Crippen molar-refractivity contribution in [3.63, 3.8) is 0 Å². The van der Waals surface area contributed by atoms with E-state index in [4.69, 9.17) is 0 Å². The van der Waals surface area contributed by atoms with Crippen LogP contribution in [0.3, 0.4) is 0 Å². The van der Waals surface area contributed by atoms with E-state index < -0.39 is 0 Å². The van der Waals surface area contributed by atoms with E-state index in [1.807, 2.05) is 29.3 Å². The van der Waals surface area contributed by atoms with Crippen molar-refractivity contribution in [1.29, 1.82) is 0 Å². The first-order valence-corrected chi connectivity index (χ1v) is 10.9. The van der Waals surface area contributed by atoms with Crippen molar-refractivity contribution in [2.45, 2.75) is 43.8 Å². The Kier molecular flexibility index (Phi) is 5.31. The highest BCUT2D eigenvalue weighted by Crippen LogP contribution is 2.30. The number of fused-ring (bicyclic) bond motifs is 1. The molecule has 0 unspecified atom stereocenters. The number of thioether (sulfide) groups is 1. The lowest BCUT2D eigenvalue weighted by molar-refractivity contribution is -0.131. The zero-order valence-corrected chi connectivity index (χ0v) is 17.1. The normalized spacial score (nSPS) is 14.8. The number of carbonyl (C=O) groups excluding carboxylic acids is 1. The lowest BCUT2D eigenvalue weighted by Crippen LogP contribution is -2.40. The Morgan fingerprint density at radius 2 is 2.04 bits per heavy atom. The van der Waals surface area contributed by atoms with Gasteiger partial charge in [-0.25, -0.2) is 0 Å². The fourth-order valence-electron chi connectivity index (χ4n) is 3.40. The Hall–Kier alpha value is -2.12. The number of rotatable bonds is 5. The standard InChI is InChI=1S/C20H22N4OS2/c1-3-24-18(17-9-6-12-26-17)21-22-20(24)27-14(2)19(25)23-11-10-15-7-4-5-8-16(15)13-23/h4-9,12,14H,3,10-11,13H2,1-2H3/t14-/m0/s1. The molecule has 0 spiro atoms. The molecule has 5 nitrogen and oxygen atoms in total. The molecule has 4 rings (SSSR count). The van der Waals surface area contributed by atoms with Gasteiger partial charge in [-0.2, -0.15) is 0 Å². The summed E-state index contributed by atoms with van der Waals surface area (Å²) in [6.07, 6.45) is 0.924. The third-order valence-corrected chi connectivity index (χ3v) is 6.78. The van der Waals surface area contributed by atoms with Crippen LogP contribution < -0.4 is 0 Å². The second-order valence-corrected chi connectivity index (χ2v) is 8.82. The monoisotopic (exact) mass is 398 g/mol. The molecule has 0 saturated carbocycles. The first-order chi connectivity index (χ1) is 13.2. The maximum Gasteiger partial charge on any atom is 0.236 e. The van der Waals surface area contributed by atoms with Crippen molar-refractivity contribution in [3.8, 4) is 10.7 Å². The number of carbonyl (C=O) groups is 1. The van der Waals surface area contributed by atoms with Gasteiger partial charge in [0.1, 0.15) is 0 Å². The Morgan fingerprint density at radius 1 is 1.22 bits per heavy atom. The van der Waals surface area contributed by atoms with Crippen molar-refractivity contribution in [1.82, 2.24) is 19.7 Å². The van der Waals surface area contributed by atoms with E-state index in [-0.39, 0.29) is 11.2 Å². The van der Waals surface area contributed by atoms with Gasteiger partial charge in [0, 0.05) is 19.6 Å². The summed E-state index contributed by atoms with van der Waals surface area (Å²) in [6.45, 7) is 6.30. The Morgan fingerprint density at radius 3 is 2.78 bits per heavy atom. The van der Waals surface area contributed by atoms with Crippen LogP contribution in [0.4, 0.5) is 0 Å². The van der Waals surface area contributed by atoms with Crippen LogP contribution in [0.2, 0.25) is 0 Å². The molecule has 1 atom stereocenters. The number of nitrogens with zero attached hydrogens (tertiary/aromatic N) is 4. The SMILES string of the molecule is CCn1c(S[C@@H](C)C(=O)N2CCc3ccccc3C2)nnc1-c1cccs1. The fraction of sp³-hybridized carbons (Fsp3) is 0.350. The van der Waals surface area contributed by atoms with E-state index in [0.29, 0.717) is 6.54 Å². The van der Waals surface area contributed by atoms with Crippen LogP contribution in [0, 0.1) is 0 Å². The molecule has 0 N–H and O–H groups in total. The smallest absolute Gasteiger partial charge is 0.236 e. The third kappa shape index (κ3) is 3.66. The van der Waals surface area contributed by atoms with E-state index in [1.165, 1.54) is 22.9 Å². The molecule has 1 aliphatic rings. The van der Waals surface area contributed by atoms with Crippen LogP contribution in [0.25, 0.3) is 10.7 Å². The molecular weight excluding hydrogens is 376 g/mol. The van der Waals surface area contributed by atoms with Crippen LogP contribution in [0.1, 0.15) is 25.0 Å². The second-order valence-electron chi connectivity index (χ2n) is 6.57. The fourth-order valence-corrected chi connectivity index (χ4v) is 5.11. The minimum absolute atomic E-state index is 0.165. The van der Waals surface area contributed by atoms with Gasteiger partial charge in [-0.1, -0.05) is 42.1 Å². The summed E-state index contributed by atoms with van der Waals surface area (Å²) in [6, 6.07) is 12.5. The maximum absolute atomic E-state index is 13.0. The highest BCUT2D eigenvalue weighted by atomic mass is 32.2. The molecule has 7 heteroatoms. The highest BCUT2D eigenvalue weighted by Gasteiger charge is 2.27. The minimum Gasteiger partial charge on any atom is -0.337 e. The number of thiophene rings is 1. The molecule has 27 heavy (non-hydrogen) atoms. The predicted octanol–water partition coefficient (Wildman–Crippen LogP) is 4.09. The van der Waals surface area contributed by atoms with E-state index in [0.717, 1.165) is 35.4 Å². The molecule has 1 aromatic carbocycles. The zero-order valence-electron chi connectivity index (χ0n) is 15.5. The third-order valence-electron chi connectivity index (χ3n) is 4.85. The first-order valence-electron chi connectivity index (χ1n) is 9.16. The van der Waals surface area contributed by atoms with Gasteiger partial charge in [0.25, 0.3) is 0 Å². The van der Waals surface area contributed by atoms with Crippen LogP contribution in [-0.2, 0) is 24.3 Å². The second kappa shape index (κ2) is 7.86. The van der Waals surface area contributed by atoms with E-state index in [9.17, 15) is 4.79 Å². The van der Waals surface area contributed by atoms with Crippen molar-refractivity contribution < 1.29 is 4.79 Å². The molecule has 0 saturated heterocycles. The molecule has 0 aliphatic carbocycles. The Labute approximate surface area is 167 Å². The van der Waals surface area contributed by atoms with Gasteiger partial charge < -0.3 is 9.47 Å². The van der Waals surface area contributed by atoms with Crippen molar-refractivity contribution in [2.75, 3.05) is 6.54 Å². The maximum atomic E-state index is 13.0. The molecule has 1 aliphatic heterocycles. The molecule has 140 valence electrons. The number of benzene rings is 1. The number of amides is 1. The lowest BCUT2D eigenvalue weighted by Gasteiger charge is -2.30. The zero-order chi connectivity index (χ0) is 18.8. The number of hydrogen-bond donors (Lipinski definition) is 0. The summed E-state index contributed by atoms with van der Waals surface area (Å²) < 4.78 is 2.09. The summed E-state index contributed by atoms with van der Waals surface area (Å²) in [5, 5.41) is 11.4. The quantitative estimate of drug-likeness (QED) is 0.608. The van der Waals surface area contributed by atoms with Crippen LogP contribution >= 0.6 is 23.1 Å². The average molecular weight is 399 g/mol. The van der Waals surface area contributed by atoms with E-state index in [1.54, 1.807) is 11.3 Å². The highest BCUT2D eigenvalue weighted by molar-refractivity contribution is 8.00. The summed E-state index contributed by atoms with van der Waals surface area (Å²) in [5.41, 5.74) is 2.61. The van der Waals surface area contributed by atoms with Gasteiger partial charge in [-0.3, -0.25) is 4.79 Å². The molecule has 0 radical (unpaired) electrons. The van der Waals surface area contributed by atoms with Crippen LogP contribution in [0.5, 0.6) is 0 Å². The molecule has 0 bridgehead atoms. The first kappa shape index (κ1) is 18.3. The summed E-state index contributed by atoms with van der Waals surface area (Å²) in [7, 11) is 0. The largest absolute Gasteiger partial charge is 0.337 e. The lowest BCUT2D eigenvalue weighted by atomic mass is 10.00. The average Bonchev–Trinajstić information content (AvgIpc) is 3.36. The molecule has 1 amide bonds. The number of hydrogen-bond acceptors (Lipinski definition) is 5. The van der Waals surface area contributed by atoms with E-state index in [2.05, 4.69) is 46.0 Å². The summed E-state index contributed by atoms with van der Waals surface area (Å²) in [4.78, 5) is 16.1. The Balaban J connectivity index is 1.48. The number of aromatic nitrogens is 3. The van der Waals surface area contributed by atoms with Gasteiger partial charge >= 0.3 is 0 Å². The molecular formula is C20H22N4OS2.